The molecule has 134 valence electrons. The molecule has 1 unspecified atom stereocenters. The van der Waals surface area contributed by atoms with Gasteiger partial charge in [0.1, 0.15) is 0 Å². The minimum Gasteiger partial charge on any atom is -0.376 e. The molecular formula is C16H16F3N3O2S. The second-order valence-corrected chi connectivity index (χ2v) is 6.18. The Bertz CT molecular complexity index is 845. The van der Waals surface area contributed by atoms with E-state index in [1.807, 2.05) is 0 Å². The number of hydrogen-bond acceptors (Lipinski definition) is 3. The molecule has 1 aliphatic heterocycles. The number of thiocarbonyl (C=S) groups is 1. The molecule has 1 saturated heterocycles. The van der Waals surface area contributed by atoms with E-state index in [1.54, 1.807) is 6.07 Å². The van der Waals surface area contributed by atoms with Gasteiger partial charge in [-0.25, -0.2) is 0 Å². The van der Waals surface area contributed by atoms with Gasteiger partial charge in [0.15, 0.2) is 5.11 Å². The zero-order chi connectivity index (χ0) is 18.0. The van der Waals surface area contributed by atoms with Crippen LogP contribution in [0.15, 0.2) is 29.1 Å². The van der Waals surface area contributed by atoms with Crippen LogP contribution in [-0.4, -0.2) is 29.4 Å². The van der Waals surface area contributed by atoms with E-state index >= 15 is 0 Å². The Morgan fingerprint density at radius 1 is 1.36 bits per heavy atom. The van der Waals surface area contributed by atoms with Gasteiger partial charge in [0, 0.05) is 35.8 Å². The number of aromatic amines is 1. The lowest BCUT2D eigenvalue weighted by atomic mass is 10.1. The molecule has 5 nitrogen and oxygen atoms in total. The van der Waals surface area contributed by atoms with Gasteiger partial charge in [-0.3, -0.25) is 4.79 Å². The minimum absolute atomic E-state index is 0.0956. The number of nitrogens with one attached hydrogen (secondary N) is 3. The van der Waals surface area contributed by atoms with Gasteiger partial charge in [-0.15, -0.1) is 0 Å². The van der Waals surface area contributed by atoms with Crippen LogP contribution < -0.4 is 16.2 Å². The Hall–Kier alpha value is -2.13. The number of rotatable bonds is 3. The molecule has 1 aliphatic rings. The molecular weight excluding hydrogens is 355 g/mol. The molecule has 1 aromatic carbocycles. The first-order valence-electron chi connectivity index (χ1n) is 7.74. The monoisotopic (exact) mass is 371 g/mol. The van der Waals surface area contributed by atoms with Crippen molar-refractivity contribution in [3.05, 3.63) is 40.2 Å². The standard InChI is InChI=1S/C16H16F3N3O2S/c17-16(18,19)12-7-14(23)22-13-4-3-9(6-11(12)13)21-15(25)20-8-10-2-1-5-24-10/h3-4,6-7,10H,1-2,5,8H2,(H,22,23)(H2,20,21,25). The van der Waals surface area contributed by atoms with Crippen LogP contribution in [0.2, 0.25) is 0 Å². The Labute approximate surface area is 146 Å². The van der Waals surface area contributed by atoms with Crippen LogP contribution in [-0.2, 0) is 10.9 Å². The summed E-state index contributed by atoms with van der Waals surface area (Å²) in [6, 6.07) is 4.84. The number of aromatic nitrogens is 1. The number of anilines is 1. The van der Waals surface area contributed by atoms with E-state index in [-0.39, 0.29) is 17.0 Å². The number of halogens is 3. The molecule has 0 spiro atoms. The summed E-state index contributed by atoms with van der Waals surface area (Å²) in [7, 11) is 0. The Morgan fingerprint density at radius 3 is 2.84 bits per heavy atom. The van der Waals surface area contributed by atoms with Gasteiger partial charge in [-0.1, -0.05) is 0 Å². The molecule has 3 N–H and O–H groups in total. The van der Waals surface area contributed by atoms with Gasteiger partial charge >= 0.3 is 6.18 Å². The van der Waals surface area contributed by atoms with Crippen molar-refractivity contribution >= 4 is 33.9 Å². The smallest absolute Gasteiger partial charge is 0.376 e. The largest absolute Gasteiger partial charge is 0.417 e. The van der Waals surface area contributed by atoms with Crippen LogP contribution in [0.1, 0.15) is 18.4 Å². The van der Waals surface area contributed by atoms with Crippen molar-refractivity contribution in [3.63, 3.8) is 0 Å². The number of alkyl halides is 3. The highest BCUT2D eigenvalue weighted by Gasteiger charge is 2.33. The van der Waals surface area contributed by atoms with Crippen molar-refractivity contribution in [2.75, 3.05) is 18.5 Å². The van der Waals surface area contributed by atoms with Crippen LogP contribution in [0.5, 0.6) is 0 Å². The first kappa shape index (κ1) is 17.7. The van der Waals surface area contributed by atoms with Gasteiger partial charge in [-0.2, -0.15) is 13.2 Å². The third-order valence-electron chi connectivity index (χ3n) is 3.92. The summed E-state index contributed by atoms with van der Waals surface area (Å²) in [5.41, 5.74) is -1.26. The molecule has 1 atom stereocenters. The maximum absolute atomic E-state index is 13.2. The lowest BCUT2D eigenvalue weighted by molar-refractivity contribution is -0.136. The molecule has 0 radical (unpaired) electrons. The van der Waals surface area contributed by atoms with E-state index in [2.05, 4.69) is 15.6 Å². The van der Waals surface area contributed by atoms with Crippen molar-refractivity contribution in [1.82, 2.24) is 10.3 Å². The van der Waals surface area contributed by atoms with E-state index < -0.39 is 17.3 Å². The number of fused-ring (bicyclic) bond motifs is 1. The van der Waals surface area contributed by atoms with Crippen LogP contribution in [0.3, 0.4) is 0 Å². The van der Waals surface area contributed by atoms with E-state index in [9.17, 15) is 18.0 Å². The van der Waals surface area contributed by atoms with Crippen molar-refractivity contribution < 1.29 is 17.9 Å². The molecule has 0 amide bonds. The highest BCUT2D eigenvalue weighted by atomic mass is 32.1. The van der Waals surface area contributed by atoms with Gasteiger partial charge < -0.3 is 20.4 Å². The normalized spacial score (nSPS) is 17.6. The number of hydrogen-bond donors (Lipinski definition) is 3. The Kier molecular flexibility index (Phi) is 4.96. The molecule has 2 heterocycles. The van der Waals surface area contributed by atoms with Crippen molar-refractivity contribution in [2.45, 2.75) is 25.1 Å². The molecule has 0 aliphatic carbocycles. The van der Waals surface area contributed by atoms with E-state index in [1.165, 1.54) is 12.1 Å². The SMILES string of the molecule is O=c1cc(C(F)(F)F)c2cc(NC(=S)NCC3CCCO3)ccc2[nH]1. The summed E-state index contributed by atoms with van der Waals surface area (Å²) in [6.07, 6.45) is -2.56. The first-order valence-corrected chi connectivity index (χ1v) is 8.14. The molecule has 2 aromatic rings. The Morgan fingerprint density at radius 2 is 2.16 bits per heavy atom. The van der Waals surface area contributed by atoms with Crippen LogP contribution in [0.4, 0.5) is 18.9 Å². The first-order chi connectivity index (χ1) is 11.8. The molecule has 0 bridgehead atoms. The third-order valence-corrected chi connectivity index (χ3v) is 4.17. The molecule has 0 saturated carbocycles. The summed E-state index contributed by atoms with van der Waals surface area (Å²) < 4.78 is 44.9. The summed E-state index contributed by atoms with van der Waals surface area (Å²) >= 11 is 5.16. The number of H-pyrrole nitrogens is 1. The van der Waals surface area contributed by atoms with Crippen LogP contribution >= 0.6 is 12.2 Å². The van der Waals surface area contributed by atoms with E-state index in [0.717, 1.165) is 19.4 Å². The van der Waals surface area contributed by atoms with Gasteiger partial charge in [0.25, 0.3) is 0 Å². The summed E-state index contributed by atoms with van der Waals surface area (Å²) in [4.78, 5) is 13.8. The second kappa shape index (κ2) is 7.01. The maximum atomic E-state index is 13.2. The fourth-order valence-electron chi connectivity index (χ4n) is 2.75. The fraction of sp³-hybridized carbons (Fsp3) is 0.375. The Balaban J connectivity index is 1.79. The van der Waals surface area contributed by atoms with Crippen LogP contribution in [0.25, 0.3) is 10.9 Å². The van der Waals surface area contributed by atoms with Crippen molar-refractivity contribution in [3.8, 4) is 0 Å². The highest BCUT2D eigenvalue weighted by Crippen LogP contribution is 2.34. The fourth-order valence-corrected chi connectivity index (χ4v) is 2.95. The maximum Gasteiger partial charge on any atom is 0.417 e. The number of pyridine rings is 1. The predicted molar refractivity (Wildman–Crippen MR) is 92.8 cm³/mol. The average molecular weight is 371 g/mol. The lowest BCUT2D eigenvalue weighted by Crippen LogP contribution is -2.34. The molecule has 3 rings (SSSR count). The summed E-state index contributed by atoms with van der Waals surface area (Å²) in [5.74, 6) is 0. The van der Waals surface area contributed by atoms with Gasteiger partial charge in [0.05, 0.1) is 11.7 Å². The molecule has 9 heteroatoms. The zero-order valence-electron chi connectivity index (χ0n) is 13.1. The van der Waals surface area contributed by atoms with Gasteiger partial charge in [0.2, 0.25) is 5.56 Å². The summed E-state index contributed by atoms with van der Waals surface area (Å²) in [5, 5.41) is 6.05. The molecule has 1 aromatic heterocycles. The average Bonchev–Trinajstić information content (AvgIpc) is 3.05. The minimum atomic E-state index is -4.62. The zero-order valence-corrected chi connectivity index (χ0v) is 13.9. The predicted octanol–water partition coefficient (Wildman–Crippen LogP) is 3.01. The third kappa shape index (κ3) is 4.29. The lowest BCUT2D eigenvalue weighted by Gasteiger charge is -2.15. The number of benzene rings is 1. The highest BCUT2D eigenvalue weighted by molar-refractivity contribution is 7.80. The topological polar surface area (TPSA) is 66.2 Å². The van der Waals surface area contributed by atoms with Crippen molar-refractivity contribution in [2.24, 2.45) is 0 Å². The van der Waals surface area contributed by atoms with Crippen LogP contribution in [0, 0.1) is 0 Å². The summed E-state index contributed by atoms with van der Waals surface area (Å²) in [6.45, 7) is 1.27. The quantitative estimate of drug-likeness (QED) is 0.724. The van der Waals surface area contributed by atoms with Gasteiger partial charge in [-0.05, 0) is 43.3 Å². The van der Waals surface area contributed by atoms with Crippen molar-refractivity contribution in [1.29, 1.82) is 0 Å². The molecule has 25 heavy (non-hydrogen) atoms. The van der Waals surface area contributed by atoms with E-state index in [0.29, 0.717) is 23.4 Å². The number of ether oxygens (including phenoxy) is 1. The van der Waals surface area contributed by atoms with E-state index in [4.69, 9.17) is 17.0 Å². The second-order valence-electron chi connectivity index (χ2n) is 5.78. The molecule has 1 fully saturated rings.